The van der Waals surface area contributed by atoms with Crippen molar-refractivity contribution < 1.29 is 14.3 Å². The molecule has 0 aromatic carbocycles. The molecule has 0 aromatic rings. The molecule has 4 heteroatoms. The third-order valence-electron chi connectivity index (χ3n) is 4.20. The third-order valence-corrected chi connectivity index (χ3v) is 4.20. The van der Waals surface area contributed by atoms with E-state index in [1.165, 1.54) is 39.2 Å². The normalized spacial score (nSPS) is 23.9. The number of hydrogen-bond acceptors (Lipinski definition) is 4. The van der Waals surface area contributed by atoms with Crippen LogP contribution in [0.1, 0.15) is 51.9 Å². The number of carbonyl (C=O) groups is 1. The van der Waals surface area contributed by atoms with Gasteiger partial charge in [0.05, 0.1) is 13.7 Å². The van der Waals surface area contributed by atoms with Gasteiger partial charge in [0.15, 0.2) is 0 Å². The predicted molar refractivity (Wildman–Crippen MR) is 74.0 cm³/mol. The van der Waals surface area contributed by atoms with E-state index < -0.39 is 5.54 Å². The lowest BCUT2D eigenvalue weighted by molar-refractivity contribution is -0.151. The van der Waals surface area contributed by atoms with Crippen molar-refractivity contribution >= 4 is 5.97 Å². The van der Waals surface area contributed by atoms with Gasteiger partial charge in [0.1, 0.15) is 5.54 Å². The van der Waals surface area contributed by atoms with Crippen molar-refractivity contribution in [3.63, 3.8) is 0 Å². The van der Waals surface area contributed by atoms with Gasteiger partial charge in [-0.25, -0.2) is 4.79 Å². The number of hydrogen-bond donors (Lipinski definition) is 1. The largest absolute Gasteiger partial charge is 0.468 e. The standard InChI is InChI=1S/C15H27NO3/c1-15(14(17)18-2,16-13-8-9-13)11-19-10-12-6-4-3-5-7-12/h12-13,16H,3-11H2,1-2H3. The fraction of sp³-hybridized carbons (Fsp3) is 0.933. The number of nitrogens with one attached hydrogen (secondary N) is 1. The summed E-state index contributed by atoms with van der Waals surface area (Å²) in [6.07, 6.45) is 8.84. The average Bonchev–Trinajstić information content (AvgIpc) is 3.22. The molecule has 19 heavy (non-hydrogen) atoms. The molecule has 0 amide bonds. The molecule has 4 nitrogen and oxygen atoms in total. The summed E-state index contributed by atoms with van der Waals surface area (Å²) in [5.41, 5.74) is -0.690. The molecule has 2 rings (SSSR count). The van der Waals surface area contributed by atoms with Gasteiger partial charge in [-0.2, -0.15) is 0 Å². The molecule has 1 unspecified atom stereocenters. The first-order valence-corrected chi connectivity index (χ1v) is 7.58. The van der Waals surface area contributed by atoms with E-state index in [4.69, 9.17) is 9.47 Å². The van der Waals surface area contributed by atoms with E-state index in [0.717, 1.165) is 19.4 Å². The van der Waals surface area contributed by atoms with E-state index in [0.29, 0.717) is 18.6 Å². The maximum Gasteiger partial charge on any atom is 0.328 e. The van der Waals surface area contributed by atoms with Gasteiger partial charge in [0.2, 0.25) is 0 Å². The number of methoxy groups -OCH3 is 1. The fourth-order valence-corrected chi connectivity index (χ4v) is 2.85. The summed E-state index contributed by atoms with van der Waals surface area (Å²) in [5.74, 6) is 0.458. The van der Waals surface area contributed by atoms with Crippen molar-refractivity contribution in [3.8, 4) is 0 Å². The van der Waals surface area contributed by atoms with Crippen LogP contribution in [0, 0.1) is 5.92 Å². The number of carbonyl (C=O) groups excluding carboxylic acids is 1. The monoisotopic (exact) mass is 269 g/mol. The summed E-state index contributed by atoms with van der Waals surface area (Å²) in [4.78, 5) is 11.9. The van der Waals surface area contributed by atoms with Crippen LogP contribution in [0.4, 0.5) is 0 Å². The molecule has 0 saturated heterocycles. The molecule has 2 saturated carbocycles. The van der Waals surface area contributed by atoms with Crippen LogP contribution in [-0.2, 0) is 14.3 Å². The second-order valence-electron chi connectivity index (χ2n) is 6.26. The van der Waals surface area contributed by atoms with Gasteiger partial charge in [-0.15, -0.1) is 0 Å². The van der Waals surface area contributed by atoms with E-state index in [-0.39, 0.29) is 5.97 Å². The van der Waals surface area contributed by atoms with Crippen molar-refractivity contribution in [2.24, 2.45) is 5.92 Å². The zero-order chi connectivity index (χ0) is 13.7. The molecule has 2 aliphatic rings. The molecule has 0 bridgehead atoms. The summed E-state index contributed by atoms with van der Waals surface area (Å²) in [6.45, 7) is 3.07. The van der Waals surface area contributed by atoms with Gasteiger partial charge < -0.3 is 9.47 Å². The lowest BCUT2D eigenvalue weighted by Gasteiger charge is -2.29. The Morgan fingerprint density at radius 3 is 2.47 bits per heavy atom. The first-order valence-electron chi connectivity index (χ1n) is 7.58. The Balaban J connectivity index is 1.76. The zero-order valence-electron chi connectivity index (χ0n) is 12.2. The Morgan fingerprint density at radius 1 is 1.21 bits per heavy atom. The molecule has 2 aliphatic carbocycles. The van der Waals surface area contributed by atoms with E-state index in [1.54, 1.807) is 0 Å². The summed E-state index contributed by atoms with van der Waals surface area (Å²) >= 11 is 0. The molecule has 1 atom stereocenters. The first kappa shape index (κ1) is 14.8. The van der Waals surface area contributed by atoms with Gasteiger partial charge in [-0.1, -0.05) is 19.3 Å². The maximum atomic E-state index is 11.9. The highest BCUT2D eigenvalue weighted by atomic mass is 16.5. The topological polar surface area (TPSA) is 47.6 Å². The number of esters is 1. The Bertz CT molecular complexity index is 298. The maximum absolute atomic E-state index is 11.9. The molecule has 1 N–H and O–H groups in total. The molecule has 0 aliphatic heterocycles. The molecule has 0 heterocycles. The summed E-state index contributed by atoms with van der Waals surface area (Å²) < 4.78 is 10.7. The highest BCUT2D eigenvalue weighted by Gasteiger charge is 2.39. The molecule has 2 fully saturated rings. The van der Waals surface area contributed by atoms with Crippen LogP contribution in [0.25, 0.3) is 0 Å². The second kappa shape index (κ2) is 6.71. The Morgan fingerprint density at radius 2 is 1.89 bits per heavy atom. The van der Waals surface area contributed by atoms with Gasteiger partial charge >= 0.3 is 5.97 Å². The summed E-state index contributed by atoms with van der Waals surface area (Å²) in [6, 6.07) is 0.461. The van der Waals surface area contributed by atoms with Gasteiger partial charge in [-0.3, -0.25) is 5.32 Å². The second-order valence-corrected chi connectivity index (χ2v) is 6.26. The van der Waals surface area contributed by atoms with Crippen LogP contribution in [0.5, 0.6) is 0 Å². The van der Waals surface area contributed by atoms with Crippen molar-refractivity contribution in [2.45, 2.75) is 63.5 Å². The SMILES string of the molecule is COC(=O)C(C)(COCC1CCCCC1)NC1CC1. The first-order chi connectivity index (χ1) is 9.14. The molecular weight excluding hydrogens is 242 g/mol. The minimum atomic E-state index is -0.690. The predicted octanol–water partition coefficient (Wildman–Crippen LogP) is 2.27. The molecule has 0 aromatic heterocycles. The molecule has 110 valence electrons. The van der Waals surface area contributed by atoms with Crippen LogP contribution in [0.15, 0.2) is 0 Å². The fourth-order valence-electron chi connectivity index (χ4n) is 2.85. The van der Waals surface area contributed by atoms with Crippen molar-refractivity contribution in [2.75, 3.05) is 20.3 Å². The summed E-state index contributed by atoms with van der Waals surface area (Å²) in [7, 11) is 1.44. The molecule has 0 radical (unpaired) electrons. The Hall–Kier alpha value is -0.610. The highest BCUT2D eigenvalue weighted by molar-refractivity contribution is 5.80. The Labute approximate surface area is 116 Å². The Kier molecular flexibility index (Phi) is 5.22. The lowest BCUT2D eigenvalue weighted by Crippen LogP contribution is -2.54. The molecule has 0 spiro atoms. The van der Waals surface area contributed by atoms with Crippen molar-refractivity contribution in [1.29, 1.82) is 0 Å². The van der Waals surface area contributed by atoms with E-state index in [2.05, 4.69) is 5.32 Å². The van der Waals surface area contributed by atoms with Gasteiger partial charge in [0, 0.05) is 12.6 Å². The average molecular weight is 269 g/mol. The van der Waals surface area contributed by atoms with Crippen LogP contribution in [-0.4, -0.2) is 37.9 Å². The van der Waals surface area contributed by atoms with Gasteiger partial charge in [0.25, 0.3) is 0 Å². The van der Waals surface area contributed by atoms with E-state index in [1.807, 2.05) is 6.92 Å². The lowest BCUT2D eigenvalue weighted by atomic mass is 9.90. The smallest absolute Gasteiger partial charge is 0.328 e. The van der Waals surface area contributed by atoms with Crippen LogP contribution < -0.4 is 5.32 Å². The zero-order valence-corrected chi connectivity index (χ0v) is 12.2. The van der Waals surface area contributed by atoms with E-state index in [9.17, 15) is 4.79 Å². The van der Waals surface area contributed by atoms with Crippen molar-refractivity contribution in [3.05, 3.63) is 0 Å². The quantitative estimate of drug-likeness (QED) is 0.720. The van der Waals surface area contributed by atoms with E-state index >= 15 is 0 Å². The highest BCUT2D eigenvalue weighted by Crippen LogP contribution is 2.25. The number of ether oxygens (including phenoxy) is 2. The van der Waals surface area contributed by atoms with Crippen molar-refractivity contribution in [1.82, 2.24) is 5.32 Å². The minimum Gasteiger partial charge on any atom is -0.468 e. The number of rotatable bonds is 7. The third kappa shape index (κ3) is 4.46. The van der Waals surface area contributed by atoms with Crippen LogP contribution in [0.3, 0.4) is 0 Å². The van der Waals surface area contributed by atoms with Crippen LogP contribution >= 0.6 is 0 Å². The summed E-state index contributed by atoms with van der Waals surface area (Å²) in [5, 5.41) is 3.36. The van der Waals surface area contributed by atoms with Gasteiger partial charge in [-0.05, 0) is 38.5 Å². The minimum absolute atomic E-state index is 0.219. The van der Waals surface area contributed by atoms with Crippen LogP contribution in [0.2, 0.25) is 0 Å². The molecular formula is C15H27NO3.